The molecule has 0 radical (unpaired) electrons. The van der Waals surface area contributed by atoms with E-state index >= 15 is 0 Å². The second-order valence-electron chi connectivity index (χ2n) is 5.54. The smallest absolute Gasteiger partial charge is 0.130 e. The molecule has 0 aliphatic carbocycles. The molecule has 116 valence electrons. The summed E-state index contributed by atoms with van der Waals surface area (Å²) in [6.07, 6.45) is 5.89. The van der Waals surface area contributed by atoms with E-state index in [2.05, 4.69) is 16.8 Å². The van der Waals surface area contributed by atoms with Gasteiger partial charge in [-0.15, -0.1) is 6.58 Å². The highest BCUT2D eigenvalue weighted by Crippen LogP contribution is 2.29. The fraction of sp³-hybridized carbons (Fsp3) is 0.529. The van der Waals surface area contributed by atoms with Crippen molar-refractivity contribution >= 4 is 0 Å². The van der Waals surface area contributed by atoms with Gasteiger partial charge in [-0.25, -0.2) is 8.78 Å². The Balaban J connectivity index is 2.11. The second kappa shape index (κ2) is 8.25. The molecular weight excluding hydrogens is 270 g/mol. The number of nitrogens with zero attached hydrogens (tertiary/aromatic N) is 1. The van der Waals surface area contributed by atoms with Crippen LogP contribution in [0.1, 0.15) is 37.3 Å². The second-order valence-corrected chi connectivity index (χ2v) is 5.54. The van der Waals surface area contributed by atoms with Gasteiger partial charge in [0.25, 0.3) is 0 Å². The Hall–Kier alpha value is -1.26. The van der Waals surface area contributed by atoms with E-state index in [-0.39, 0.29) is 6.04 Å². The van der Waals surface area contributed by atoms with Crippen LogP contribution in [0.25, 0.3) is 0 Å². The topological polar surface area (TPSA) is 15.3 Å². The minimum Gasteiger partial charge on any atom is -0.314 e. The van der Waals surface area contributed by atoms with Crippen LogP contribution in [0.2, 0.25) is 0 Å². The molecule has 1 aromatic carbocycles. The molecule has 0 unspecified atom stereocenters. The average Bonchev–Trinajstić information content (AvgIpc) is 2.49. The number of benzene rings is 1. The van der Waals surface area contributed by atoms with Crippen LogP contribution in [0.3, 0.4) is 0 Å². The molecule has 2 nitrogen and oxygen atoms in total. The number of halogens is 2. The molecule has 4 heteroatoms. The predicted octanol–water partition coefficient (Wildman–Crippen LogP) is 3.66. The molecule has 1 aliphatic heterocycles. The summed E-state index contributed by atoms with van der Waals surface area (Å²) in [7, 11) is 0. The van der Waals surface area contributed by atoms with Crippen molar-refractivity contribution in [2.75, 3.05) is 26.2 Å². The Morgan fingerprint density at radius 2 is 2.00 bits per heavy atom. The van der Waals surface area contributed by atoms with Gasteiger partial charge in [0.15, 0.2) is 0 Å². The number of hydrogen-bond donors (Lipinski definition) is 1. The van der Waals surface area contributed by atoms with Crippen molar-refractivity contribution in [3.05, 3.63) is 48.1 Å². The lowest BCUT2D eigenvalue weighted by Crippen LogP contribution is -2.45. The Labute approximate surface area is 125 Å². The third-order valence-corrected chi connectivity index (χ3v) is 4.05. The molecule has 1 atom stereocenters. The molecule has 0 amide bonds. The van der Waals surface area contributed by atoms with E-state index in [9.17, 15) is 8.78 Å². The van der Waals surface area contributed by atoms with Crippen LogP contribution >= 0.6 is 0 Å². The van der Waals surface area contributed by atoms with Gasteiger partial charge in [-0.3, -0.25) is 4.90 Å². The normalized spacial score (nSPS) is 17.6. The molecule has 1 saturated heterocycles. The van der Waals surface area contributed by atoms with Crippen LogP contribution in [-0.2, 0) is 0 Å². The Bertz CT molecular complexity index is 456. The summed E-state index contributed by atoms with van der Waals surface area (Å²) >= 11 is 0. The Morgan fingerprint density at radius 3 is 2.67 bits per heavy atom. The molecule has 1 N–H and O–H groups in total. The summed E-state index contributed by atoms with van der Waals surface area (Å²) in [4.78, 5) is 2.31. The predicted molar refractivity (Wildman–Crippen MR) is 82.2 cm³/mol. The minimum absolute atomic E-state index is 0.0394. The summed E-state index contributed by atoms with van der Waals surface area (Å²) < 4.78 is 27.3. The van der Waals surface area contributed by atoms with Crippen LogP contribution in [0, 0.1) is 11.6 Å². The monoisotopic (exact) mass is 294 g/mol. The molecule has 2 rings (SSSR count). The van der Waals surface area contributed by atoms with Crippen LogP contribution in [0.15, 0.2) is 30.9 Å². The van der Waals surface area contributed by atoms with E-state index in [0.717, 1.165) is 57.9 Å². The molecule has 1 fully saturated rings. The van der Waals surface area contributed by atoms with Crippen molar-refractivity contribution < 1.29 is 8.78 Å². The largest absolute Gasteiger partial charge is 0.314 e. The van der Waals surface area contributed by atoms with Gasteiger partial charge < -0.3 is 5.32 Å². The Morgan fingerprint density at radius 1 is 1.24 bits per heavy atom. The lowest BCUT2D eigenvalue weighted by molar-refractivity contribution is 0.159. The van der Waals surface area contributed by atoms with E-state index in [4.69, 9.17) is 0 Å². The highest BCUT2D eigenvalue weighted by molar-refractivity contribution is 5.22. The molecule has 1 aliphatic rings. The zero-order valence-corrected chi connectivity index (χ0v) is 12.5. The van der Waals surface area contributed by atoms with Gasteiger partial charge >= 0.3 is 0 Å². The number of rotatable bonds is 7. The average molecular weight is 294 g/mol. The van der Waals surface area contributed by atoms with Crippen LogP contribution in [-0.4, -0.2) is 31.1 Å². The van der Waals surface area contributed by atoms with Crippen molar-refractivity contribution in [3.63, 3.8) is 0 Å². The SMILES string of the molecule is C=CCCCC[C@@H](c1ccc(F)cc1F)N1CCNCC1. The minimum atomic E-state index is -0.512. The van der Waals surface area contributed by atoms with Crippen LogP contribution in [0.5, 0.6) is 0 Å². The first-order chi connectivity index (χ1) is 10.2. The molecular formula is C17H24F2N2. The number of nitrogens with one attached hydrogen (secondary N) is 1. The molecule has 1 heterocycles. The van der Waals surface area contributed by atoms with Gasteiger partial charge in [0.05, 0.1) is 0 Å². The van der Waals surface area contributed by atoms with Crippen molar-refractivity contribution in [2.24, 2.45) is 0 Å². The van der Waals surface area contributed by atoms with Crippen molar-refractivity contribution in [2.45, 2.75) is 31.7 Å². The third kappa shape index (κ3) is 4.61. The Kier molecular flexibility index (Phi) is 6.33. The zero-order valence-electron chi connectivity index (χ0n) is 12.5. The quantitative estimate of drug-likeness (QED) is 0.610. The van der Waals surface area contributed by atoms with Crippen LogP contribution in [0.4, 0.5) is 8.78 Å². The van der Waals surface area contributed by atoms with E-state index in [1.165, 1.54) is 6.07 Å². The number of unbranched alkanes of at least 4 members (excludes halogenated alkanes) is 2. The van der Waals surface area contributed by atoms with E-state index in [0.29, 0.717) is 5.56 Å². The molecule has 21 heavy (non-hydrogen) atoms. The maximum atomic E-state index is 14.1. The summed E-state index contributed by atoms with van der Waals surface area (Å²) in [5, 5.41) is 3.31. The standard InChI is InChI=1S/C17H24F2N2/c1-2-3-4-5-6-17(21-11-9-20-10-12-21)15-8-7-14(18)13-16(15)19/h2,7-8,13,17,20H,1,3-6,9-12H2/t17-/m0/s1. The van der Waals surface area contributed by atoms with Crippen molar-refractivity contribution in [1.82, 2.24) is 10.2 Å². The summed E-state index contributed by atoms with van der Waals surface area (Å²) in [6.45, 7) is 7.39. The van der Waals surface area contributed by atoms with Gasteiger partial charge in [0.1, 0.15) is 11.6 Å². The number of allylic oxidation sites excluding steroid dienone is 1. The van der Waals surface area contributed by atoms with Gasteiger partial charge in [-0.1, -0.05) is 18.6 Å². The summed E-state index contributed by atoms with van der Waals surface area (Å²) in [5.74, 6) is -0.941. The van der Waals surface area contributed by atoms with E-state index in [1.54, 1.807) is 6.07 Å². The summed E-state index contributed by atoms with van der Waals surface area (Å²) in [6, 6.07) is 3.99. The molecule has 0 spiro atoms. The number of hydrogen-bond acceptors (Lipinski definition) is 2. The van der Waals surface area contributed by atoms with Gasteiger partial charge in [0.2, 0.25) is 0 Å². The molecule has 0 bridgehead atoms. The van der Waals surface area contributed by atoms with E-state index in [1.807, 2.05) is 6.08 Å². The lowest BCUT2D eigenvalue weighted by atomic mass is 9.97. The van der Waals surface area contributed by atoms with Crippen molar-refractivity contribution in [3.8, 4) is 0 Å². The molecule has 0 saturated carbocycles. The third-order valence-electron chi connectivity index (χ3n) is 4.05. The molecule has 1 aromatic rings. The van der Waals surface area contributed by atoms with E-state index < -0.39 is 11.6 Å². The highest BCUT2D eigenvalue weighted by Gasteiger charge is 2.24. The first-order valence-electron chi connectivity index (χ1n) is 7.73. The van der Waals surface area contributed by atoms with Crippen molar-refractivity contribution in [1.29, 1.82) is 0 Å². The zero-order chi connectivity index (χ0) is 15.1. The summed E-state index contributed by atoms with van der Waals surface area (Å²) in [5.41, 5.74) is 0.622. The maximum absolute atomic E-state index is 14.1. The van der Waals surface area contributed by atoms with Gasteiger partial charge in [-0.05, 0) is 25.3 Å². The van der Waals surface area contributed by atoms with Crippen LogP contribution < -0.4 is 5.32 Å². The lowest BCUT2D eigenvalue weighted by Gasteiger charge is -2.35. The number of piperazine rings is 1. The first-order valence-corrected chi connectivity index (χ1v) is 7.73. The molecule has 0 aromatic heterocycles. The fourth-order valence-electron chi connectivity index (χ4n) is 2.93. The van der Waals surface area contributed by atoms with Gasteiger partial charge in [0, 0.05) is 43.9 Å². The fourth-order valence-corrected chi connectivity index (χ4v) is 2.93. The highest BCUT2D eigenvalue weighted by atomic mass is 19.1. The maximum Gasteiger partial charge on any atom is 0.130 e. The first kappa shape index (κ1) is 16.1. The van der Waals surface area contributed by atoms with Gasteiger partial charge in [-0.2, -0.15) is 0 Å².